The average molecular weight is 290 g/mol. The molecule has 0 atom stereocenters. The highest BCUT2D eigenvalue weighted by atomic mass is 28.3. The molecule has 1 aromatic heterocycles. The number of nitrogens with zero attached hydrogens (tertiary/aromatic N) is 2. The van der Waals surface area contributed by atoms with E-state index in [4.69, 9.17) is 5.10 Å². The van der Waals surface area contributed by atoms with E-state index in [1.807, 2.05) is 0 Å². The van der Waals surface area contributed by atoms with Gasteiger partial charge in [0.05, 0.1) is 17.1 Å². The molecule has 2 nitrogen and oxygen atoms in total. The van der Waals surface area contributed by atoms with Gasteiger partial charge < -0.3 is 0 Å². The first-order valence-corrected chi connectivity index (χ1v) is 10.4. The van der Waals surface area contributed by atoms with Crippen molar-refractivity contribution in [3.8, 4) is 16.9 Å². The van der Waals surface area contributed by atoms with E-state index in [9.17, 15) is 0 Å². The van der Waals surface area contributed by atoms with Gasteiger partial charge >= 0.3 is 0 Å². The third-order valence-corrected chi connectivity index (χ3v) is 8.07. The minimum Gasteiger partial charge on any atom is -0.233 e. The molecule has 0 radical (unpaired) electrons. The predicted molar refractivity (Wildman–Crippen MR) is 90.5 cm³/mol. The molecule has 0 spiro atoms. The summed E-state index contributed by atoms with van der Waals surface area (Å²) in [6.07, 6.45) is 0. The summed E-state index contributed by atoms with van der Waals surface area (Å²) in [6.45, 7) is 6.93. The molecule has 0 N–H and O–H groups in total. The fraction of sp³-hybridized carbons (Fsp3) is 0.167. The van der Waals surface area contributed by atoms with Gasteiger partial charge in [0, 0.05) is 0 Å². The van der Waals surface area contributed by atoms with Crippen molar-refractivity contribution in [2.45, 2.75) is 20.0 Å². The smallest absolute Gasteiger partial charge is 0.115 e. The Bertz CT molecular complexity index is 779. The van der Waals surface area contributed by atoms with Crippen LogP contribution in [0.1, 0.15) is 5.69 Å². The van der Waals surface area contributed by atoms with E-state index < -0.39 is 8.07 Å². The zero-order chi connectivity index (χ0) is 14.6. The molecule has 2 aromatic carbocycles. The van der Waals surface area contributed by atoms with E-state index in [2.05, 4.69) is 79.3 Å². The Labute approximate surface area is 126 Å². The molecule has 2 heterocycles. The molecule has 0 saturated heterocycles. The number of para-hydroxylation sites is 1. The summed E-state index contributed by atoms with van der Waals surface area (Å²) in [6, 6.07) is 19.8. The van der Waals surface area contributed by atoms with Crippen LogP contribution < -0.4 is 10.4 Å². The third-order valence-electron chi connectivity index (χ3n) is 4.51. The lowest BCUT2D eigenvalue weighted by molar-refractivity contribution is 0.875. The van der Waals surface area contributed by atoms with E-state index in [-0.39, 0.29) is 0 Å². The number of hydrogen-bond acceptors (Lipinski definition) is 1. The lowest BCUT2D eigenvalue weighted by Crippen LogP contribution is -2.53. The van der Waals surface area contributed by atoms with Gasteiger partial charge in [0.1, 0.15) is 8.07 Å². The number of fused-ring (bicyclic) bond motifs is 5. The van der Waals surface area contributed by atoms with Crippen LogP contribution in [-0.4, -0.2) is 17.9 Å². The summed E-state index contributed by atoms with van der Waals surface area (Å²) in [5.74, 6) is 0. The zero-order valence-corrected chi connectivity index (χ0v) is 13.6. The summed E-state index contributed by atoms with van der Waals surface area (Å²) in [7, 11) is -1.72. The average Bonchev–Trinajstić information content (AvgIpc) is 2.86. The molecule has 0 unspecified atom stereocenters. The number of rotatable bonds is 0. The van der Waals surface area contributed by atoms with Gasteiger partial charge in [-0.15, -0.1) is 0 Å². The van der Waals surface area contributed by atoms with Gasteiger partial charge in [-0.3, -0.25) is 0 Å². The Balaban J connectivity index is 2.20. The zero-order valence-electron chi connectivity index (χ0n) is 12.6. The van der Waals surface area contributed by atoms with Crippen molar-refractivity contribution >= 4 is 18.4 Å². The first-order chi connectivity index (χ1) is 10.1. The van der Waals surface area contributed by atoms with E-state index in [1.165, 1.54) is 27.3 Å². The Hall–Kier alpha value is -2.13. The van der Waals surface area contributed by atoms with E-state index >= 15 is 0 Å². The lowest BCUT2D eigenvalue weighted by Gasteiger charge is -2.25. The van der Waals surface area contributed by atoms with Crippen molar-refractivity contribution < 1.29 is 0 Å². The van der Waals surface area contributed by atoms with Crippen LogP contribution in [0.15, 0.2) is 54.6 Å². The van der Waals surface area contributed by atoms with Crippen molar-refractivity contribution in [1.29, 1.82) is 0 Å². The molecule has 3 heteroatoms. The Morgan fingerprint density at radius 3 is 2.38 bits per heavy atom. The van der Waals surface area contributed by atoms with Gasteiger partial charge in [-0.05, 0) is 35.0 Å². The van der Waals surface area contributed by atoms with Crippen LogP contribution in [-0.2, 0) is 0 Å². The Morgan fingerprint density at radius 2 is 1.57 bits per heavy atom. The van der Waals surface area contributed by atoms with Crippen molar-refractivity contribution in [2.75, 3.05) is 0 Å². The molecule has 0 saturated carbocycles. The maximum Gasteiger partial charge on any atom is 0.115 e. The standard InChI is InChI=1S/C18H18N2Si/c1-13-12-16-14-8-4-6-10-17(14)21(2,3)18-11-7-5-9-15(18)20(16)19-13/h4-12H,1-3H3. The van der Waals surface area contributed by atoms with Crippen LogP contribution in [0.4, 0.5) is 0 Å². The molecule has 1 aliphatic rings. The topological polar surface area (TPSA) is 17.8 Å². The van der Waals surface area contributed by atoms with E-state index in [1.54, 1.807) is 0 Å². The maximum absolute atomic E-state index is 4.76. The highest BCUT2D eigenvalue weighted by Crippen LogP contribution is 2.28. The third kappa shape index (κ3) is 1.67. The molecule has 3 aromatic rings. The quantitative estimate of drug-likeness (QED) is 0.582. The lowest BCUT2D eigenvalue weighted by atomic mass is 10.1. The highest BCUT2D eigenvalue weighted by molar-refractivity contribution is 7.01. The molecule has 1 aliphatic heterocycles. The van der Waals surface area contributed by atoms with Crippen molar-refractivity contribution in [2.24, 2.45) is 0 Å². The summed E-state index contributed by atoms with van der Waals surface area (Å²) in [5, 5.41) is 7.71. The Kier molecular flexibility index (Phi) is 2.51. The van der Waals surface area contributed by atoms with E-state index in [0.29, 0.717) is 0 Å². The highest BCUT2D eigenvalue weighted by Gasteiger charge is 2.35. The fourth-order valence-corrected chi connectivity index (χ4v) is 6.49. The molecular weight excluding hydrogens is 272 g/mol. The summed E-state index contributed by atoms with van der Waals surface area (Å²) >= 11 is 0. The molecule has 21 heavy (non-hydrogen) atoms. The summed E-state index contributed by atoms with van der Waals surface area (Å²) < 4.78 is 2.13. The molecule has 4 rings (SSSR count). The Morgan fingerprint density at radius 1 is 0.905 bits per heavy atom. The molecular formula is C18H18N2Si. The minimum atomic E-state index is -1.72. The number of aromatic nitrogens is 2. The largest absolute Gasteiger partial charge is 0.233 e. The minimum absolute atomic E-state index is 1.07. The monoisotopic (exact) mass is 290 g/mol. The first kappa shape index (κ1) is 12.6. The van der Waals surface area contributed by atoms with Crippen LogP contribution in [0.3, 0.4) is 0 Å². The maximum atomic E-state index is 4.76. The van der Waals surface area contributed by atoms with Crippen molar-refractivity contribution in [3.05, 3.63) is 60.3 Å². The number of benzene rings is 2. The second-order valence-corrected chi connectivity index (χ2v) is 10.6. The van der Waals surface area contributed by atoms with Gasteiger partial charge in [0.25, 0.3) is 0 Å². The van der Waals surface area contributed by atoms with Gasteiger partial charge in [-0.25, -0.2) is 4.68 Å². The second-order valence-electron chi connectivity index (χ2n) is 6.27. The number of aryl methyl sites for hydroxylation is 1. The van der Waals surface area contributed by atoms with Gasteiger partial charge in [0.2, 0.25) is 0 Å². The van der Waals surface area contributed by atoms with Crippen molar-refractivity contribution in [1.82, 2.24) is 9.78 Å². The molecule has 0 aliphatic carbocycles. The molecule has 0 fully saturated rings. The summed E-state index contributed by atoms with van der Waals surface area (Å²) in [4.78, 5) is 0. The van der Waals surface area contributed by atoms with Gasteiger partial charge in [-0.1, -0.05) is 55.6 Å². The predicted octanol–water partition coefficient (Wildman–Crippen LogP) is 2.98. The van der Waals surface area contributed by atoms with Gasteiger partial charge in [-0.2, -0.15) is 5.10 Å². The van der Waals surface area contributed by atoms with Crippen LogP contribution in [0.25, 0.3) is 16.9 Å². The van der Waals surface area contributed by atoms with Gasteiger partial charge in [0.15, 0.2) is 0 Å². The molecule has 104 valence electrons. The van der Waals surface area contributed by atoms with Crippen LogP contribution in [0, 0.1) is 6.92 Å². The molecule has 0 amide bonds. The van der Waals surface area contributed by atoms with Crippen LogP contribution >= 0.6 is 0 Å². The molecule has 0 bridgehead atoms. The normalized spacial score (nSPS) is 14.8. The van der Waals surface area contributed by atoms with E-state index in [0.717, 1.165) is 5.69 Å². The second kappa shape index (κ2) is 4.18. The number of hydrogen-bond donors (Lipinski definition) is 0. The van der Waals surface area contributed by atoms with Crippen molar-refractivity contribution in [3.63, 3.8) is 0 Å². The fourth-order valence-electron chi connectivity index (χ4n) is 3.46. The van der Waals surface area contributed by atoms with Crippen LogP contribution in [0.5, 0.6) is 0 Å². The first-order valence-electron chi connectivity index (χ1n) is 7.35. The van der Waals surface area contributed by atoms with Crippen LogP contribution in [0.2, 0.25) is 13.1 Å². The summed E-state index contributed by atoms with van der Waals surface area (Å²) in [5.41, 5.74) is 4.86. The SMILES string of the molecule is Cc1cc2n(n1)-c1ccccc1[Si](C)(C)c1ccccc1-2.